The lowest BCUT2D eigenvalue weighted by Crippen LogP contribution is -2.57. The molecule has 2 heterocycles. The van der Waals surface area contributed by atoms with Crippen LogP contribution in [-0.4, -0.2) is 78.0 Å². The summed E-state index contributed by atoms with van der Waals surface area (Å²) in [6.07, 6.45) is 4.78. The normalized spacial score (nSPS) is 23.2. The van der Waals surface area contributed by atoms with Crippen molar-refractivity contribution in [3.8, 4) is 0 Å². The molecular formula is C28H38N4O4. The summed E-state index contributed by atoms with van der Waals surface area (Å²) in [5.74, 6) is 0.0149. The Morgan fingerprint density at radius 2 is 1.92 bits per heavy atom. The maximum absolute atomic E-state index is 13.3. The highest BCUT2D eigenvalue weighted by molar-refractivity contribution is 5.95. The Morgan fingerprint density at radius 3 is 2.50 bits per heavy atom. The van der Waals surface area contributed by atoms with E-state index >= 15 is 0 Å². The van der Waals surface area contributed by atoms with Gasteiger partial charge in [-0.1, -0.05) is 42.3 Å². The van der Waals surface area contributed by atoms with Crippen LogP contribution in [0.3, 0.4) is 0 Å². The molecule has 1 aliphatic carbocycles. The van der Waals surface area contributed by atoms with Crippen LogP contribution in [0.5, 0.6) is 0 Å². The molecule has 194 valence electrons. The van der Waals surface area contributed by atoms with Gasteiger partial charge < -0.3 is 15.0 Å². The number of carbonyl (C=O) groups excluding carboxylic acids is 3. The quantitative estimate of drug-likeness (QED) is 0.443. The highest BCUT2D eigenvalue weighted by Crippen LogP contribution is 2.33. The standard InChI is InChI=1S/C28H38N4O4/c1-5-14-32-23(18-30-15-16-31(20(4)17-30)26(33)22-8-7-9-22)24(27(34)36-6-2)25(29-28(32)35)21-12-10-19(3)11-13-21/h5,10-13,20,22,25H,1,6-9,14-18H2,2-4H3,(H,29,35). The van der Waals surface area contributed by atoms with Crippen molar-refractivity contribution in [2.45, 2.75) is 52.1 Å². The van der Waals surface area contributed by atoms with Gasteiger partial charge in [0.05, 0.1) is 18.2 Å². The third-order valence-electron chi connectivity index (χ3n) is 7.48. The van der Waals surface area contributed by atoms with Crippen LogP contribution in [-0.2, 0) is 14.3 Å². The van der Waals surface area contributed by atoms with E-state index < -0.39 is 12.0 Å². The molecule has 1 N–H and O–H groups in total. The van der Waals surface area contributed by atoms with Gasteiger partial charge in [-0.2, -0.15) is 0 Å². The second kappa shape index (κ2) is 11.3. The molecular weight excluding hydrogens is 456 g/mol. The van der Waals surface area contributed by atoms with Crippen molar-refractivity contribution in [2.24, 2.45) is 5.92 Å². The number of hydrogen-bond acceptors (Lipinski definition) is 5. The van der Waals surface area contributed by atoms with Gasteiger partial charge in [0.1, 0.15) is 0 Å². The summed E-state index contributed by atoms with van der Waals surface area (Å²) in [7, 11) is 0. The monoisotopic (exact) mass is 494 g/mol. The van der Waals surface area contributed by atoms with Gasteiger partial charge in [-0.15, -0.1) is 6.58 Å². The largest absolute Gasteiger partial charge is 0.463 e. The summed E-state index contributed by atoms with van der Waals surface area (Å²) in [5, 5.41) is 3.01. The number of nitrogens with zero attached hydrogens (tertiary/aromatic N) is 3. The van der Waals surface area contributed by atoms with E-state index in [2.05, 4.69) is 23.7 Å². The Bertz CT molecular complexity index is 1030. The fraction of sp³-hybridized carbons (Fsp3) is 0.536. The zero-order chi connectivity index (χ0) is 25.8. The molecule has 8 nitrogen and oxygen atoms in total. The Labute approximate surface area is 213 Å². The molecule has 36 heavy (non-hydrogen) atoms. The molecule has 2 atom stereocenters. The molecule has 2 unspecified atom stereocenters. The van der Waals surface area contributed by atoms with Crippen molar-refractivity contribution in [1.29, 1.82) is 0 Å². The first kappa shape index (κ1) is 25.9. The molecule has 0 bridgehead atoms. The minimum atomic E-state index is -0.605. The number of piperazine rings is 1. The molecule has 1 aromatic carbocycles. The average Bonchev–Trinajstić information content (AvgIpc) is 2.80. The molecule has 0 radical (unpaired) electrons. The highest BCUT2D eigenvalue weighted by Gasteiger charge is 2.40. The summed E-state index contributed by atoms with van der Waals surface area (Å²) < 4.78 is 5.48. The third kappa shape index (κ3) is 5.33. The molecule has 3 aliphatic rings. The molecule has 1 saturated heterocycles. The van der Waals surface area contributed by atoms with Gasteiger partial charge >= 0.3 is 12.0 Å². The fourth-order valence-corrected chi connectivity index (χ4v) is 5.26. The second-order valence-corrected chi connectivity index (χ2v) is 10.0. The van der Waals surface area contributed by atoms with Crippen molar-refractivity contribution in [2.75, 3.05) is 39.3 Å². The number of hydrogen-bond donors (Lipinski definition) is 1. The predicted octanol–water partition coefficient (Wildman–Crippen LogP) is 3.40. The summed E-state index contributed by atoms with van der Waals surface area (Å²) in [5.41, 5.74) is 3.01. The van der Waals surface area contributed by atoms with Crippen LogP contribution in [0, 0.1) is 12.8 Å². The fourth-order valence-electron chi connectivity index (χ4n) is 5.26. The second-order valence-electron chi connectivity index (χ2n) is 10.0. The van der Waals surface area contributed by atoms with Crippen molar-refractivity contribution < 1.29 is 19.1 Å². The minimum absolute atomic E-state index is 0.0664. The lowest BCUT2D eigenvalue weighted by molar-refractivity contribution is -0.142. The molecule has 0 spiro atoms. The number of esters is 1. The van der Waals surface area contributed by atoms with Gasteiger partial charge in [0.2, 0.25) is 5.91 Å². The molecule has 0 aromatic heterocycles. The smallest absolute Gasteiger partial charge is 0.338 e. The van der Waals surface area contributed by atoms with E-state index in [1.807, 2.05) is 36.1 Å². The van der Waals surface area contributed by atoms with Gasteiger partial charge in [-0.3, -0.25) is 14.6 Å². The number of urea groups is 1. The van der Waals surface area contributed by atoms with Crippen LogP contribution < -0.4 is 5.32 Å². The first-order valence-electron chi connectivity index (χ1n) is 13.0. The number of carbonyl (C=O) groups is 3. The SMILES string of the molecule is C=CCN1C(=O)NC(c2ccc(C)cc2)C(C(=O)OCC)=C1CN1CCN(C(=O)C2CCC2)C(C)C1. The average molecular weight is 495 g/mol. The predicted molar refractivity (Wildman–Crippen MR) is 138 cm³/mol. The van der Waals surface area contributed by atoms with Crippen molar-refractivity contribution in [1.82, 2.24) is 20.0 Å². The molecule has 1 saturated carbocycles. The van der Waals surface area contributed by atoms with E-state index in [1.165, 1.54) is 0 Å². The lowest BCUT2D eigenvalue weighted by Gasteiger charge is -2.44. The molecule has 3 amide bonds. The van der Waals surface area contributed by atoms with E-state index in [-0.39, 0.29) is 37.0 Å². The van der Waals surface area contributed by atoms with Gasteiger partial charge in [-0.05, 0) is 39.2 Å². The van der Waals surface area contributed by atoms with Gasteiger partial charge in [0.25, 0.3) is 0 Å². The number of benzene rings is 1. The van der Waals surface area contributed by atoms with E-state index in [9.17, 15) is 14.4 Å². The van der Waals surface area contributed by atoms with Crippen LogP contribution in [0.1, 0.15) is 50.3 Å². The summed E-state index contributed by atoms with van der Waals surface area (Å²) >= 11 is 0. The first-order valence-corrected chi connectivity index (χ1v) is 13.0. The molecule has 8 heteroatoms. The molecule has 2 fully saturated rings. The van der Waals surface area contributed by atoms with Crippen molar-refractivity contribution in [3.05, 3.63) is 59.3 Å². The van der Waals surface area contributed by atoms with Crippen LogP contribution >= 0.6 is 0 Å². The number of aryl methyl sites for hydroxylation is 1. The van der Waals surface area contributed by atoms with Gasteiger partial charge in [0.15, 0.2) is 0 Å². The van der Waals surface area contributed by atoms with Gasteiger partial charge in [-0.25, -0.2) is 9.59 Å². The van der Waals surface area contributed by atoms with E-state index in [1.54, 1.807) is 17.9 Å². The molecule has 1 aromatic rings. The maximum atomic E-state index is 13.3. The Hall–Kier alpha value is -3.13. The summed E-state index contributed by atoms with van der Waals surface area (Å²) in [6, 6.07) is 7.01. The van der Waals surface area contributed by atoms with E-state index in [0.717, 1.165) is 30.4 Å². The van der Waals surface area contributed by atoms with E-state index in [4.69, 9.17) is 4.74 Å². The highest BCUT2D eigenvalue weighted by atomic mass is 16.5. The molecule has 4 rings (SSSR count). The summed E-state index contributed by atoms with van der Waals surface area (Å²) in [4.78, 5) is 45.2. The first-order chi connectivity index (χ1) is 17.3. The molecule has 2 aliphatic heterocycles. The maximum Gasteiger partial charge on any atom is 0.338 e. The van der Waals surface area contributed by atoms with Crippen molar-refractivity contribution in [3.63, 3.8) is 0 Å². The number of rotatable bonds is 8. The Kier molecular flexibility index (Phi) is 8.14. The zero-order valence-electron chi connectivity index (χ0n) is 21.7. The Morgan fingerprint density at radius 1 is 1.19 bits per heavy atom. The van der Waals surface area contributed by atoms with Crippen LogP contribution in [0.2, 0.25) is 0 Å². The number of ether oxygens (including phenoxy) is 1. The lowest BCUT2D eigenvalue weighted by atomic mass is 9.84. The van der Waals surface area contributed by atoms with Crippen LogP contribution in [0.25, 0.3) is 0 Å². The number of amides is 3. The third-order valence-corrected chi connectivity index (χ3v) is 7.48. The van der Waals surface area contributed by atoms with Crippen LogP contribution in [0.15, 0.2) is 48.2 Å². The topological polar surface area (TPSA) is 82.2 Å². The summed E-state index contributed by atoms with van der Waals surface area (Å²) in [6.45, 7) is 12.6. The van der Waals surface area contributed by atoms with Crippen molar-refractivity contribution >= 4 is 17.9 Å². The van der Waals surface area contributed by atoms with Crippen LogP contribution in [0.4, 0.5) is 4.79 Å². The van der Waals surface area contributed by atoms with Gasteiger partial charge in [0, 0.05) is 50.4 Å². The number of nitrogens with one attached hydrogen (secondary N) is 1. The Balaban J connectivity index is 1.65. The van der Waals surface area contributed by atoms with E-state index in [0.29, 0.717) is 37.4 Å². The minimum Gasteiger partial charge on any atom is -0.463 e. The zero-order valence-corrected chi connectivity index (χ0v) is 21.7.